The predicted octanol–water partition coefficient (Wildman–Crippen LogP) is 0.690. The smallest absolute Gasteiger partial charge is 0.271 e. The van der Waals surface area contributed by atoms with Crippen LogP contribution < -0.4 is 5.32 Å². The number of nitrogens with one attached hydrogen (secondary N) is 1. The van der Waals surface area contributed by atoms with Gasteiger partial charge < -0.3 is 14.8 Å². The number of amides is 1. The van der Waals surface area contributed by atoms with Gasteiger partial charge in [-0.1, -0.05) is 6.07 Å². The number of rotatable bonds is 4. The maximum atomic E-state index is 12.0. The van der Waals surface area contributed by atoms with Crippen molar-refractivity contribution in [2.24, 2.45) is 0 Å². The molecule has 0 aliphatic rings. The van der Waals surface area contributed by atoms with Crippen molar-refractivity contribution in [2.45, 2.75) is 12.5 Å². The number of aliphatic hydroxyl groups excluding tert-OH is 1. The summed E-state index contributed by atoms with van der Waals surface area (Å²) in [7, 11) is 0. The van der Waals surface area contributed by atoms with Gasteiger partial charge in [-0.25, -0.2) is 13.8 Å². The summed E-state index contributed by atoms with van der Waals surface area (Å²) in [5.74, 6) is -0.599. The molecule has 0 saturated heterocycles. The molecule has 0 spiro atoms. The molecular weight excluding hydrogens is 244 g/mol. The van der Waals surface area contributed by atoms with Crippen LogP contribution in [0.5, 0.6) is 0 Å². The Kier molecular flexibility index (Phi) is 3.52. The summed E-state index contributed by atoms with van der Waals surface area (Å²) in [5.41, 5.74) is 0.694. The number of nitrogens with zero attached hydrogens (tertiary/aromatic N) is 2. The zero-order chi connectivity index (χ0) is 13.1. The Hall–Kier alpha value is -2.02. The van der Waals surface area contributed by atoms with E-state index in [0.717, 1.165) is 0 Å². The molecule has 2 aromatic heterocycles. The highest BCUT2D eigenvalue weighted by atomic mass is 19.3. The lowest BCUT2D eigenvalue weighted by Crippen LogP contribution is -2.35. The number of carbonyl (C=O) groups is 1. The highest BCUT2D eigenvalue weighted by molar-refractivity contribution is 5.92. The molecule has 2 rings (SSSR count). The fraction of sp³-hybridized carbons (Fsp3) is 0.273. The van der Waals surface area contributed by atoms with Gasteiger partial charge in [-0.3, -0.25) is 4.79 Å². The van der Waals surface area contributed by atoms with E-state index in [4.69, 9.17) is 5.11 Å². The average molecular weight is 255 g/mol. The van der Waals surface area contributed by atoms with Crippen molar-refractivity contribution in [3.05, 3.63) is 36.3 Å². The Morgan fingerprint density at radius 1 is 1.50 bits per heavy atom. The number of hydrogen-bond donors (Lipinski definition) is 2. The van der Waals surface area contributed by atoms with Crippen LogP contribution in [-0.4, -0.2) is 39.5 Å². The van der Waals surface area contributed by atoms with Gasteiger partial charge in [0.2, 0.25) is 0 Å². The second-order valence-corrected chi connectivity index (χ2v) is 3.70. The third kappa shape index (κ3) is 2.62. The number of carbonyl (C=O) groups excluding carboxylic acids is 1. The average Bonchev–Trinajstić information content (AvgIpc) is 2.79. The summed E-state index contributed by atoms with van der Waals surface area (Å²) >= 11 is 0. The largest absolute Gasteiger partial charge is 0.385 e. The van der Waals surface area contributed by atoms with E-state index in [1.165, 1.54) is 6.20 Å². The Morgan fingerprint density at radius 2 is 2.28 bits per heavy atom. The number of halogens is 2. The first-order valence-electron chi connectivity index (χ1n) is 5.26. The predicted molar refractivity (Wildman–Crippen MR) is 59.5 cm³/mol. The summed E-state index contributed by atoms with van der Waals surface area (Å²) in [5, 5.41) is 11.1. The number of alkyl halides is 2. The fourth-order valence-electron chi connectivity index (χ4n) is 1.42. The molecule has 1 atom stereocenters. The van der Waals surface area contributed by atoms with Crippen LogP contribution in [0.2, 0.25) is 0 Å². The molecule has 1 unspecified atom stereocenters. The standard InChI is InChI=1S/C11H11F2N3O2/c12-10(13)8(17)5-14-11(18)7-6-16-4-2-1-3-9(16)15-7/h1-4,6,8,10,17H,5H2,(H,14,18). The van der Waals surface area contributed by atoms with Gasteiger partial charge in [0, 0.05) is 18.9 Å². The van der Waals surface area contributed by atoms with Crippen molar-refractivity contribution in [3.63, 3.8) is 0 Å². The Bertz CT molecular complexity index is 523. The Labute approximate surface area is 101 Å². The number of imidazole rings is 1. The van der Waals surface area contributed by atoms with Crippen LogP contribution in [0.15, 0.2) is 30.6 Å². The third-order valence-electron chi connectivity index (χ3n) is 2.36. The van der Waals surface area contributed by atoms with Gasteiger partial charge >= 0.3 is 0 Å². The Balaban J connectivity index is 2.05. The molecule has 0 bridgehead atoms. The molecule has 5 nitrogen and oxygen atoms in total. The van der Waals surface area contributed by atoms with E-state index in [1.54, 1.807) is 28.8 Å². The number of aromatic nitrogens is 2. The summed E-state index contributed by atoms with van der Waals surface area (Å²) in [6, 6.07) is 5.26. The van der Waals surface area contributed by atoms with Crippen molar-refractivity contribution >= 4 is 11.6 Å². The number of fused-ring (bicyclic) bond motifs is 1. The van der Waals surface area contributed by atoms with Crippen molar-refractivity contribution in [1.82, 2.24) is 14.7 Å². The quantitative estimate of drug-likeness (QED) is 0.844. The molecule has 0 aliphatic heterocycles. The van der Waals surface area contributed by atoms with Crippen LogP contribution >= 0.6 is 0 Å². The van der Waals surface area contributed by atoms with E-state index in [1.807, 2.05) is 0 Å². The topological polar surface area (TPSA) is 66.6 Å². The maximum absolute atomic E-state index is 12.0. The van der Waals surface area contributed by atoms with E-state index in [2.05, 4.69) is 10.3 Å². The zero-order valence-corrected chi connectivity index (χ0v) is 9.25. The van der Waals surface area contributed by atoms with E-state index < -0.39 is 25.0 Å². The minimum Gasteiger partial charge on any atom is -0.385 e. The first-order chi connectivity index (χ1) is 8.58. The molecule has 96 valence electrons. The van der Waals surface area contributed by atoms with Gasteiger partial charge in [0.05, 0.1) is 0 Å². The highest BCUT2D eigenvalue weighted by Crippen LogP contribution is 2.05. The van der Waals surface area contributed by atoms with Crippen molar-refractivity contribution in [1.29, 1.82) is 0 Å². The monoisotopic (exact) mass is 255 g/mol. The molecule has 7 heteroatoms. The molecule has 0 aromatic carbocycles. The van der Waals surface area contributed by atoms with Crippen molar-refractivity contribution in [3.8, 4) is 0 Å². The number of pyridine rings is 1. The minimum atomic E-state index is -2.88. The van der Waals surface area contributed by atoms with Crippen LogP contribution in [0.3, 0.4) is 0 Å². The highest BCUT2D eigenvalue weighted by Gasteiger charge is 2.18. The van der Waals surface area contributed by atoms with Gasteiger partial charge in [-0.2, -0.15) is 0 Å². The van der Waals surface area contributed by atoms with E-state index in [9.17, 15) is 13.6 Å². The second-order valence-electron chi connectivity index (χ2n) is 3.70. The lowest BCUT2D eigenvalue weighted by Gasteiger charge is -2.09. The molecule has 2 N–H and O–H groups in total. The fourth-order valence-corrected chi connectivity index (χ4v) is 1.42. The Morgan fingerprint density at radius 3 is 2.94 bits per heavy atom. The van der Waals surface area contributed by atoms with E-state index >= 15 is 0 Å². The second kappa shape index (κ2) is 5.09. The number of aliphatic hydroxyl groups is 1. The van der Waals surface area contributed by atoms with Gasteiger partial charge in [0.25, 0.3) is 12.3 Å². The zero-order valence-electron chi connectivity index (χ0n) is 9.25. The van der Waals surface area contributed by atoms with Crippen molar-refractivity contribution < 1.29 is 18.7 Å². The molecule has 2 aromatic rings. The molecule has 1 amide bonds. The van der Waals surface area contributed by atoms with Gasteiger partial charge in [0.1, 0.15) is 17.4 Å². The summed E-state index contributed by atoms with van der Waals surface area (Å²) in [6.07, 6.45) is -1.55. The van der Waals surface area contributed by atoms with Crippen LogP contribution in [0, 0.1) is 0 Å². The van der Waals surface area contributed by atoms with Gasteiger partial charge in [-0.05, 0) is 12.1 Å². The third-order valence-corrected chi connectivity index (χ3v) is 2.36. The van der Waals surface area contributed by atoms with Crippen molar-refractivity contribution in [2.75, 3.05) is 6.54 Å². The molecule has 2 heterocycles. The summed E-state index contributed by atoms with van der Waals surface area (Å²) in [6.45, 7) is -0.510. The molecule has 0 saturated carbocycles. The van der Waals surface area contributed by atoms with Crippen LogP contribution in [-0.2, 0) is 0 Å². The molecule has 0 fully saturated rings. The minimum absolute atomic E-state index is 0.114. The molecule has 0 aliphatic carbocycles. The molecule has 18 heavy (non-hydrogen) atoms. The van der Waals surface area contributed by atoms with E-state index in [0.29, 0.717) is 5.65 Å². The first-order valence-corrected chi connectivity index (χ1v) is 5.26. The maximum Gasteiger partial charge on any atom is 0.271 e. The van der Waals surface area contributed by atoms with Crippen LogP contribution in [0.25, 0.3) is 5.65 Å². The number of hydrogen-bond acceptors (Lipinski definition) is 3. The molecular formula is C11H11F2N3O2. The lowest BCUT2D eigenvalue weighted by atomic mass is 10.3. The summed E-state index contributed by atoms with van der Waals surface area (Å²) < 4.78 is 25.7. The normalized spacial score (nSPS) is 12.9. The summed E-state index contributed by atoms with van der Waals surface area (Å²) in [4.78, 5) is 15.6. The lowest BCUT2D eigenvalue weighted by molar-refractivity contribution is -0.00272. The first kappa shape index (κ1) is 12.4. The van der Waals surface area contributed by atoms with Gasteiger partial charge in [-0.15, -0.1) is 0 Å². The van der Waals surface area contributed by atoms with Crippen LogP contribution in [0.1, 0.15) is 10.5 Å². The van der Waals surface area contributed by atoms with Crippen LogP contribution in [0.4, 0.5) is 8.78 Å². The molecule has 0 radical (unpaired) electrons. The SMILES string of the molecule is O=C(NCC(O)C(F)F)c1cn2ccccc2n1. The van der Waals surface area contributed by atoms with Gasteiger partial charge in [0.15, 0.2) is 0 Å². The van der Waals surface area contributed by atoms with E-state index in [-0.39, 0.29) is 5.69 Å².